The van der Waals surface area contributed by atoms with Crippen molar-refractivity contribution in [2.75, 3.05) is 25.5 Å². The van der Waals surface area contributed by atoms with E-state index >= 15 is 0 Å². The average Bonchev–Trinajstić information content (AvgIpc) is 2.27. The third-order valence-corrected chi connectivity index (χ3v) is 2.79. The fraction of sp³-hybridized carbons (Fsp3) is 0.500. The predicted molar refractivity (Wildman–Crippen MR) is 69.3 cm³/mol. The summed E-state index contributed by atoms with van der Waals surface area (Å²) in [5.74, 6) is 1.31. The van der Waals surface area contributed by atoms with Gasteiger partial charge in [-0.2, -0.15) is 0 Å². The first-order valence-corrected chi connectivity index (χ1v) is 5.82. The number of anilines is 1. The second-order valence-corrected chi connectivity index (χ2v) is 4.32. The third kappa shape index (κ3) is 3.91. The molecule has 0 aromatic heterocycles. The van der Waals surface area contributed by atoms with Gasteiger partial charge in [0.2, 0.25) is 0 Å². The Morgan fingerprint density at radius 3 is 2.81 bits per heavy atom. The topological polar surface area (TPSA) is 47.3 Å². The highest BCUT2D eigenvalue weighted by atomic mass is 35.5. The minimum absolute atomic E-state index is 0.545. The Bertz CT molecular complexity index is 331. The van der Waals surface area contributed by atoms with Gasteiger partial charge < -0.3 is 15.8 Å². The summed E-state index contributed by atoms with van der Waals surface area (Å²) >= 11 is 6.10. The molecule has 0 spiro atoms. The summed E-state index contributed by atoms with van der Waals surface area (Å²) in [4.78, 5) is 0. The lowest BCUT2D eigenvalue weighted by atomic mass is 10.1. The van der Waals surface area contributed by atoms with Crippen LogP contribution in [0.2, 0.25) is 5.02 Å². The van der Waals surface area contributed by atoms with E-state index in [4.69, 9.17) is 22.1 Å². The molecule has 90 valence electrons. The third-order valence-electron chi connectivity index (χ3n) is 2.48. The summed E-state index contributed by atoms with van der Waals surface area (Å²) in [7, 11) is 1.63. The number of ether oxygens (including phenoxy) is 1. The Kier molecular flexibility index (Phi) is 5.43. The molecule has 0 radical (unpaired) electrons. The van der Waals surface area contributed by atoms with Crippen molar-refractivity contribution >= 4 is 17.3 Å². The maximum absolute atomic E-state index is 6.10. The van der Waals surface area contributed by atoms with Gasteiger partial charge in [-0.15, -0.1) is 0 Å². The molecule has 3 N–H and O–H groups in total. The van der Waals surface area contributed by atoms with Crippen molar-refractivity contribution in [1.82, 2.24) is 0 Å². The summed E-state index contributed by atoms with van der Waals surface area (Å²) in [5, 5.41) is 3.99. The number of rotatable bonds is 6. The Balaban J connectivity index is 2.54. The molecule has 1 atom stereocenters. The summed E-state index contributed by atoms with van der Waals surface area (Å²) < 4.78 is 5.09. The maximum atomic E-state index is 6.10. The maximum Gasteiger partial charge on any atom is 0.120 e. The minimum Gasteiger partial charge on any atom is -0.497 e. The van der Waals surface area contributed by atoms with Crippen LogP contribution in [-0.4, -0.2) is 20.2 Å². The molecule has 0 saturated carbocycles. The lowest BCUT2D eigenvalue weighted by Crippen LogP contribution is -2.15. The van der Waals surface area contributed by atoms with Crippen molar-refractivity contribution in [3.63, 3.8) is 0 Å². The first-order valence-electron chi connectivity index (χ1n) is 5.45. The van der Waals surface area contributed by atoms with E-state index in [1.807, 2.05) is 12.1 Å². The molecule has 0 heterocycles. The normalized spacial score (nSPS) is 12.2. The highest BCUT2D eigenvalue weighted by Crippen LogP contribution is 2.26. The van der Waals surface area contributed by atoms with Gasteiger partial charge in [-0.3, -0.25) is 0 Å². The van der Waals surface area contributed by atoms with Gasteiger partial charge >= 0.3 is 0 Å². The molecule has 0 aliphatic rings. The second kappa shape index (κ2) is 6.61. The van der Waals surface area contributed by atoms with Gasteiger partial charge in [0.05, 0.1) is 17.8 Å². The molecule has 1 aromatic rings. The first-order chi connectivity index (χ1) is 7.67. The lowest BCUT2D eigenvalue weighted by molar-refractivity contribution is 0.415. The van der Waals surface area contributed by atoms with E-state index in [1.165, 1.54) is 0 Å². The molecule has 0 amide bonds. The molecule has 1 rings (SSSR count). The molecular weight excluding hydrogens is 224 g/mol. The van der Waals surface area contributed by atoms with Gasteiger partial charge in [-0.05, 0) is 31.0 Å². The van der Waals surface area contributed by atoms with Crippen molar-refractivity contribution in [2.24, 2.45) is 11.7 Å². The number of nitrogens with two attached hydrogens (primary N) is 1. The summed E-state index contributed by atoms with van der Waals surface area (Å²) in [6.07, 6.45) is 1.01. The molecule has 1 aromatic carbocycles. The zero-order valence-corrected chi connectivity index (χ0v) is 10.6. The molecule has 0 aliphatic heterocycles. The SMILES string of the molecule is COc1ccc(NCC(C)CCN)c(Cl)c1. The standard InChI is InChI=1S/C12H19ClN2O/c1-9(5-6-14)8-15-12-4-3-10(16-2)7-11(12)13/h3-4,7,9,15H,5-6,8,14H2,1-2H3. The summed E-state index contributed by atoms with van der Waals surface area (Å²) in [5.41, 5.74) is 6.43. The number of methoxy groups -OCH3 is 1. The van der Waals surface area contributed by atoms with Crippen LogP contribution >= 0.6 is 11.6 Å². The number of nitrogens with one attached hydrogen (secondary N) is 1. The van der Waals surface area contributed by atoms with Gasteiger partial charge in [0.25, 0.3) is 0 Å². The zero-order chi connectivity index (χ0) is 12.0. The number of benzene rings is 1. The Hall–Kier alpha value is -0.930. The fourth-order valence-corrected chi connectivity index (χ4v) is 1.67. The molecule has 0 bridgehead atoms. The molecule has 16 heavy (non-hydrogen) atoms. The van der Waals surface area contributed by atoms with Gasteiger partial charge in [0.1, 0.15) is 5.75 Å². The van der Waals surface area contributed by atoms with Crippen molar-refractivity contribution < 1.29 is 4.74 Å². The molecule has 0 fully saturated rings. The molecule has 1 unspecified atom stereocenters. The number of hydrogen-bond donors (Lipinski definition) is 2. The van der Waals surface area contributed by atoms with Crippen molar-refractivity contribution in [2.45, 2.75) is 13.3 Å². The highest BCUT2D eigenvalue weighted by Gasteiger charge is 2.04. The van der Waals surface area contributed by atoms with E-state index in [2.05, 4.69) is 12.2 Å². The van der Waals surface area contributed by atoms with Crippen LogP contribution in [0.4, 0.5) is 5.69 Å². The lowest BCUT2D eigenvalue weighted by Gasteiger charge is -2.14. The highest BCUT2D eigenvalue weighted by molar-refractivity contribution is 6.33. The van der Waals surface area contributed by atoms with Gasteiger partial charge in [0.15, 0.2) is 0 Å². The second-order valence-electron chi connectivity index (χ2n) is 3.91. The molecule has 4 heteroatoms. The largest absolute Gasteiger partial charge is 0.497 e. The monoisotopic (exact) mass is 242 g/mol. The quantitative estimate of drug-likeness (QED) is 0.807. The number of hydrogen-bond acceptors (Lipinski definition) is 3. The number of halogens is 1. The smallest absolute Gasteiger partial charge is 0.120 e. The van der Waals surface area contributed by atoms with E-state index in [0.29, 0.717) is 10.9 Å². The Morgan fingerprint density at radius 1 is 1.50 bits per heavy atom. The molecule has 0 saturated heterocycles. The average molecular weight is 243 g/mol. The Labute approximate surface area is 102 Å². The van der Waals surface area contributed by atoms with Gasteiger partial charge in [-0.25, -0.2) is 0 Å². The first kappa shape index (κ1) is 13.1. The fourth-order valence-electron chi connectivity index (χ4n) is 1.44. The molecular formula is C12H19ClN2O. The van der Waals surface area contributed by atoms with E-state index in [9.17, 15) is 0 Å². The van der Waals surface area contributed by atoms with E-state index in [1.54, 1.807) is 13.2 Å². The van der Waals surface area contributed by atoms with Crippen LogP contribution < -0.4 is 15.8 Å². The van der Waals surface area contributed by atoms with Crippen LogP contribution in [0, 0.1) is 5.92 Å². The van der Waals surface area contributed by atoms with E-state index in [0.717, 1.165) is 30.9 Å². The van der Waals surface area contributed by atoms with Crippen molar-refractivity contribution in [1.29, 1.82) is 0 Å². The van der Waals surface area contributed by atoms with Crippen LogP contribution in [0.15, 0.2) is 18.2 Å². The summed E-state index contributed by atoms with van der Waals surface area (Å²) in [6.45, 7) is 3.76. The molecule has 3 nitrogen and oxygen atoms in total. The van der Waals surface area contributed by atoms with Crippen LogP contribution in [0.5, 0.6) is 5.75 Å². The van der Waals surface area contributed by atoms with Crippen LogP contribution in [0.1, 0.15) is 13.3 Å². The van der Waals surface area contributed by atoms with Crippen LogP contribution in [-0.2, 0) is 0 Å². The van der Waals surface area contributed by atoms with Crippen molar-refractivity contribution in [3.05, 3.63) is 23.2 Å². The van der Waals surface area contributed by atoms with Gasteiger partial charge in [-0.1, -0.05) is 18.5 Å². The molecule has 0 aliphatic carbocycles. The van der Waals surface area contributed by atoms with E-state index < -0.39 is 0 Å². The predicted octanol–water partition coefficient (Wildman–Crippen LogP) is 2.75. The van der Waals surface area contributed by atoms with E-state index in [-0.39, 0.29) is 0 Å². The summed E-state index contributed by atoms with van der Waals surface area (Å²) in [6, 6.07) is 5.62. The minimum atomic E-state index is 0.545. The van der Waals surface area contributed by atoms with Crippen LogP contribution in [0.3, 0.4) is 0 Å². The zero-order valence-electron chi connectivity index (χ0n) is 9.79. The van der Waals surface area contributed by atoms with Crippen LogP contribution in [0.25, 0.3) is 0 Å². The Morgan fingerprint density at radius 2 is 2.25 bits per heavy atom. The van der Waals surface area contributed by atoms with Gasteiger partial charge in [0, 0.05) is 12.6 Å². The van der Waals surface area contributed by atoms with Crippen molar-refractivity contribution in [3.8, 4) is 5.75 Å².